The number of hydrogen-bond acceptors (Lipinski definition) is 9. The molecule has 10 unspecified atom stereocenters. The smallest absolute Gasteiger partial charge is 0.220 e. The van der Waals surface area contributed by atoms with Crippen molar-refractivity contribution in [2.45, 2.75) is 169 Å². The third-order valence-electron chi connectivity index (χ3n) is 9.65. The van der Waals surface area contributed by atoms with E-state index in [0.717, 1.165) is 38.5 Å². The van der Waals surface area contributed by atoms with Crippen molar-refractivity contribution in [3.8, 4) is 0 Å². The normalized spacial score (nSPS) is 20.9. The highest BCUT2D eigenvalue weighted by Crippen LogP contribution is 2.37. The molecule has 0 aliphatic rings. The second-order valence-electron chi connectivity index (χ2n) is 14.9. The Balaban J connectivity index is 6.49. The van der Waals surface area contributed by atoms with Crippen LogP contribution in [0.2, 0.25) is 0 Å². The van der Waals surface area contributed by atoms with Gasteiger partial charge < -0.3 is 32.5 Å². The van der Waals surface area contributed by atoms with Gasteiger partial charge in [0.2, 0.25) is 5.60 Å². The SMILES string of the molecule is CCCC(N)CC(C)CC(C)C(=O)C(O)(CO)C(O)(C(=O)C(C)CC(C)CC(N)CCC)C(=O)C(C)CC(C)CC(N)CCC. The first-order valence-corrected chi connectivity index (χ1v) is 17.8. The molecule has 0 radical (unpaired) electrons. The molecule has 0 rings (SSSR count). The summed E-state index contributed by atoms with van der Waals surface area (Å²) in [6.07, 6.45) is 8.23. The summed E-state index contributed by atoms with van der Waals surface area (Å²) in [4.78, 5) is 42.4. The first-order valence-electron chi connectivity index (χ1n) is 17.8. The minimum absolute atomic E-state index is 0.00661. The van der Waals surface area contributed by atoms with Crippen molar-refractivity contribution in [2.24, 2.45) is 52.7 Å². The summed E-state index contributed by atoms with van der Waals surface area (Å²) in [6, 6.07) is -0.124. The average Bonchev–Trinajstić information content (AvgIpc) is 2.94. The topological polar surface area (TPSA) is 190 Å². The van der Waals surface area contributed by atoms with Crippen molar-refractivity contribution in [2.75, 3.05) is 6.61 Å². The molecule has 0 aliphatic carbocycles. The highest BCUT2D eigenvalue weighted by molar-refractivity contribution is 6.17. The molecule has 9 heteroatoms. The van der Waals surface area contributed by atoms with E-state index in [2.05, 4.69) is 20.8 Å². The van der Waals surface area contributed by atoms with Crippen LogP contribution in [0.1, 0.15) is 139 Å². The van der Waals surface area contributed by atoms with Gasteiger partial charge in [-0.1, -0.05) is 81.6 Å². The molecular weight excluding hydrogens is 570 g/mol. The highest BCUT2D eigenvalue weighted by Gasteiger charge is 2.65. The lowest BCUT2D eigenvalue weighted by Crippen LogP contribution is -2.72. The van der Waals surface area contributed by atoms with Gasteiger partial charge in [-0.3, -0.25) is 14.4 Å². The second-order valence-corrected chi connectivity index (χ2v) is 14.9. The summed E-state index contributed by atoms with van der Waals surface area (Å²) >= 11 is 0. The zero-order valence-corrected chi connectivity index (χ0v) is 30.2. The molecule has 0 amide bonds. The van der Waals surface area contributed by atoms with E-state index in [-0.39, 0.29) is 35.9 Å². The Bertz CT molecular complexity index is 845. The van der Waals surface area contributed by atoms with Gasteiger partial charge in [0.05, 0.1) is 6.61 Å². The molecule has 0 spiro atoms. The maximum absolute atomic E-state index is 14.2. The Hall–Kier alpha value is -1.23. The Kier molecular flexibility index (Phi) is 20.3. The van der Waals surface area contributed by atoms with Crippen molar-refractivity contribution in [3.63, 3.8) is 0 Å². The summed E-state index contributed by atoms with van der Waals surface area (Å²) < 4.78 is 0. The fraction of sp³-hybridized carbons (Fsp3) is 0.917. The molecule has 10 atom stereocenters. The Morgan fingerprint density at radius 2 is 0.800 bits per heavy atom. The number of ketones is 3. The lowest BCUT2D eigenvalue weighted by molar-refractivity contribution is -0.199. The molecular formula is C36H71N3O6. The van der Waals surface area contributed by atoms with Gasteiger partial charge in [-0.25, -0.2) is 0 Å². The minimum atomic E-state index is -3.12. The average molecular weight is 642 g/mol. The van der Waals surface area contributed by atoms with Crippen LogP contribution in [0.15, 0.2) is 0 Å². The molecule has 9 N–H and O–H groups in total. The number of carbonyl (C=O) groups excluding carboxylic acids is 3. The van der Waals surface area contributed by atoms with Gasteiger partial charge in [0.1, 0.15) is 0 Å². The molecule has 0 saturated carbocycles. The number of aliphatic hydroxyl groups is 3. The second kappa shape index (κ2) is 20.9. The van der Waals surface area contributed by atoms with Crippen LogP contribution >= 0.6 is 0 Å². The van der Waals surface area contributed by atoms with Crippen LogP contribution in [-0.2, 0) is 14.4 Å². The molecule has 0 aliphatic heterocycles. The van der Waals surface area contributed by atoms with Crippen LogP contribution in [0.25, 0.3) is 0 Å². The Morgan fingerprint density at radius 3 is 1.04 bits per heavy atom. The largest absolute Gasteiger partial charge is 0.393 e. The monoisotopic (exact) mass is 642 g/mol. The van der Waals surface area contributed by atoms with Gasteiger partial charge >= 0.3 is 0 Å². The van der Waals surface area contributed by atoms with E-state index < -0.39 is 52.9 Å². The van der Waals surface area contributed by atoms with E-state index in [0.29, 0.717) is 38.5 Å². The molecule has 45 heavy (non-hydrogen) atoms. The molecule has 0 heterocycles. The number of aliphatic hydroxyl groups excluding tert-OH is 1. The van der Waals surface area contributed by atoms with Crippen molar-refractivity contribution >= 4 is 17.3 Å². The van der Waals surface area contributed by atoms with Crippen LogP contribution in [0.5, 0.6) is 0 Å². The molecule has 0 saturated heterocycles. The third kappa shape index (κ3) is 13.1. The van der Waals surface area contributed by atoms with Gasteiger partial charge in [-0.15, -0.1) is 0 Å². The predicted octanol–water partition coefficient (Wildman–Crippen LogP) is 4.69. The first-order chi connectivity index (χ1) is 20.8. The van der Waals surface area contributed by atoms with E-state index in [4.69, 9.17) is 17.2 Å². The maximum atomic E-state index is 14.2. The molecule has 0 aromatic rings. The number of carbonyl (C=O) groups is 3. The molecule has 0 aromatic heterocycles. The van der Waals surface area contributed by atoms with Gasteiger partial charge in [0.25, 0.3) is 0 Å². The van der Waals surface area contributed by atoms with Crippen LogP contribution in [0.3, 0.4) is 0 Å². The quantitative estimate of drug-likeness (QED) is 0.0728. The predicted molar refractivity (Wildman–Crippen MR) is 183 cm³/mol. The summed E-state index contributed by atoms with van der Waals surface area (Å²) in [5.74, 6) is -5.41. The van der Waals surface area contributed by atoms with E-state index in [9.17, 15) is 29.7 Å². The van der Waals surface area contributed by atoms with Crippen LogP contribution in [0, 0.1) is 35.5 Å². The fourth-order valence-corrected chi connectivity index (χ4v) is 7.46. The molecule has 266 valence electrons. The van der Waals surface area contributed by atoms with Crippen LogP contribution in [-0.4, -0.2) is 68.6 Å². The molecule has 0 aromatic carbocycles. The number of nitrogens with two attached hydrogens (primary N) is 3. The zero-order valence-electron chi connectivity index (χ0n) is 30.2. The number of Topliss-reactive ketones (excluding diaryl/α,β-unsaturated/α-hetero) is 3. The van der Waals surface area contributed by atoms with Crippen molar-refractivity contribution in [3.05, 3.63) is 0 Å². The van der Waals surface area contributed by atoms with Gasteiger partial charge in [-0.2, -0.15) is 0 Å². The lowest BCUT2D eigenvalue weighted by Gasteiger charge is -2.43. The van der Waals surface area contributed by atoms with Crippen molar-refractivity contribution < 1.29 is 29.7 Å². The fourth-order valence-electron chi connectivity index (χ4n) is 7.46. The summed E-state index contributed by atoms with van der Waals surface area (Å²) in [6.45, 7) is 15.6. The summed E-state index contributed by atoms with van der Waals surface area (Å²) in [5.41, 5.74) is 12.6. The highest BCUT2D eigenvalue weighted by atomic mass is 16.4. The Morgan fingerprint density at radius 1 is 0.533 bits per heavy atom. The standard InChI is InChI=1S/C36H71N3O6/c1-10-13-29(37)19-23(4)16-26(7)32(41)35(44,22-40)36(45,33(42)27(8)17-24(5)20-30(38)14-11-2)34(43)28(9)18-25(6)21-31(39)15-12-3/h23-31,40,44-45H,10-22,37-39H2,1-9H3. The Labute approximate surface area is 274 Å². The van der Waals surface area contributed by atoms with Crippen molar-refractivity contribution in [1.82, 2.24) is 0 Å². The zero-order chi connectivity index (χ0) is 35.1. The van der Waals surface area contributed by atoms with E-state index >= 15 is 0 Å². The minimum Gasteiger partial charge on any atom is -0.393 e. The van der Waals surface area contributed by atoms with Gasteiger partial charge in [0.15, 0.2) is 23.0 Å². The third-order valence-corrected chi connectivity index (χ3v) is 9.65. The molecule has 9 nitrogen and oxygen atoms in total. The van der Waals surface area contributed by atoms with Crippen molar-refractivity contribution in [1.29, 1.82) is 0 Å². The molecule has 0 bridgehead atoms. The number of rotatable bonds is 26. The summed E-state index contributed by atoms with van der Waals surface area (Å²) in [7, 11) is 0. The summed E-state index contributed by atoms with van der Waals surface area (Å²) in [5, 5.41) is 34.8. The first kappa shape index (κ1) is 43.8. The van der Waals surface area contributed by atoms with Crippen LogP contribution in [0.4, 0.5) is 0 Å². The van der Waals surface area contributed by atoms with E-state index in [1.165, 1.54) is 0 Å². The van der Waals surface area contributed by atoms with E-state index in [1.54, 1.807) is 20.8 Å². The number of hydrogen-bond donors (Lipinski definition) is 6. The van der Waals surface area contributed by atoms with Gasteiger partial charge in [0, 0.05) is 35.9 Å². The van der Waals surface area contributed by atoms with Crippen LogP contribution < -0.4 is 17.2 Å². The van der Waals surface area contributed by atoms with E-state index in [1.807, 2.05) is 20.8 Å². The lowest BCUT2D eigenvalue weighted by atomic mass is 9.65. The molecule has 0 fully saturated rings. The van der Waals surface area contributed by atoms with Gasteiger partial charge in [-0.05, 0) is 75.5 Å². The maximum Gasteiger partial charge on any atom is 0.220 e.